The van der Waals surface area contributed by atoms with E-state index in [1.807, 2.05) is 20.8 Å². The number of carbonyl (C=O) groups is 4. The fourth-order valence-electron chi connectivity index (χ4n) is 3.90. The van der Waals surface area contributed by atoms with E-state index in [0.717, 1.165) is 25.7 Å². The number of carbonyl (C=O) groups excluding carboxylic acids is 4. The van der Waals surface area contributed by atoms with Crippen molar-refractivity contribution < 1.29 is 28.7 Å². The molecule has 0 unspecified atom stereocenters. The first-order valence-electron chi connectivity index (χ1n) is 13.8. The summed E-state index contributed by atoms with van der Waals surface area (Å²) in [6, 6.07) is 11.8. The Kier molecular flexibility index (Phi) is 13.6. The quantitative estimate of drug-likeness (QED) is 0.124. The second-order valence-electron chi connectivity index (χ2n) is 10.5. The van der Waals surface area contributed by atoms with E-state index in [9.17, 15) is 19.2 Å². The number of nitrogens with two attached hydrogens (primary N) is 1. The number of nitrogens with one attached hydrogen (secondary N) is 4. The van der Waals surface area contributed by atoms with Crippen molar-refractivity contribution in [1.82, 2.24) is 21.3 Å². The number of benzene rings is 2. The number of esters is 1. The van der Waals surface area contributed by atoms with Crippen LogP contribution in [0.4, 0.5) is 10.5 Å². The molecule has 41 heavy (non-hydrogen) atoms. The van der Waals surface area contributed by atoms with Gasteiger partial charge < -0.3 is 36.5 Å². The Morgan fingerprint density at radius 3 is 2.17 bits per heavy atom. The first kappa shape index (κ1) is 33.1. The highest BCUT2D eigenvalue weighted by molar-refractivity contribution is 6.01. The smallest absolute Gasteiger partial charge is 0.407 e. The van der Waals surface area contributed by atoms with Crippen LogP contribution in [-0.4, -0.2) is 69.3 Å². The van der Waals surface area contributed by atoms with E-state index >= 15 is 0 Å². The van der Waals surface area contributed by atoms with Crippen molar-refractivity contribution in [3.63, 3.8) is 0 Å². The van der Waals surface area contributed by atoms with E-state index in [1.165, 1.54) is 7.11 Å². The van der Waals surface area contributed by atoms with Crippen LogP contribution in [0.1, 0.15) is 67.2 Å². The first-order chi connectivity index (χ1) is 19.5. The topological polar surface area (TPSA) is 161 Å². The molecule has 0 aliphatic carbocycles. The third-order valence-corrected chi connectivity index (χ3v) is 5.90. The Balaban J connectivity index is 1.62. The highest BCUT2D eigenvalue weighted by atomic mass is 16.6. The summed E-state index contributed by atoms with van der Waals surface area (Å²) in [5, 5.41) is 11.4. The fourth-order valence-corrected chi connectivity index (χ4v) is 3.90. The van der Waals surface area contributed by atoms with E-state index in [0.29, 0.717) is 54.1 Å². The maximum Gasteiger partial charge on any atom is 0.407 e. The molecule has 11 heteroatoms. The molecular formula is C30H43N5O6. The number of alkyl carbamates (subject to hydrolysis) is 1. The standard InChI is InChI=1S/C30H43N5O6/c1-30(2,3)41-29(39)35-16-10-6-5-9-15-33-26(36)20-32-17-18-34-27(37)21-13-14-25(31)24(19-21)22-11-7-8-12-23(22)28(38)40-4/h7-8,11-14,19,32H,5-6,9-10,15-18,20,31H2,1-4H3,(H,33,36)(H,34,37)(H,35,39). The van der Waals surface area contributed by atoms with Gasteiger partial charge >= 0.3 is 12.1 Å². The molecule has 11 nitrogen and oxygen atoms in total. The summed E-state index contributed by atoms with van der Waals surface area (Å²) in [6.07, 6.45) is 3.17. The lowest BCUT2D eigenvalue weighted by Gasteiger charge is -2.19. The largest absolute Gasteiger partial charge is 0.465 e. The van der Waals surface area contributed by atoms with Gasteiger partial charge in [0, 0.05) is 43.0 Å². The number of rotatable bonds is 15. The highest BCUT2D eigenvalue weighted by Gasteiger charge is 2.17. The van der Waals surface area contributed by atoms with E-state index in [-0.39, 0.29) is 18.4 Å². The molecular weight excluding hydrogens is 526 g/mol. The van der Waals surface area contributed by atoms with E-state index in [4.69, 9.17) is 15.2 Å². The summed E-state index contributed by atoms with van der Waals surface area (Å²) in [4.78, 5) is 48.5. The van der Waals surface area contributed by atoms with Gasteiger partial charge in [-0.05, 0) is 63.4 Å². The molecule has 6 N–H and O–H groups in total. The molecule has 0 aromatic heterocycles. The van der Waals surface area contributed by atoms with E-state index in [1.54, 1.807) is 42.5 Å². The molecule has 0 saturated heterocycles. The Hall–Kier alpha value is -4.12. The molecule has 0 aliphatic heterocycles. The molecule has 224 valence electrons. The summed E-state index contributed by atoms with van der Waals surface area (Å²) in [7, 11) is 1.31. The van der Waals surface area contributed by atoms with Crippen LogP contribution in [-0.2, 0) is 14.3 Å². The predicted molar refractivity (Wildman–Crippen MR) is 159 cm³/mol. The van der Waals surface area contributed by atoms with Crippen LogP contribution in [0.3, 0.4) is 0 Å². The monoisotopic (exact) mass is 569 g/mol. The summed E-state index contributed by atoms with van der Waals surface area (Å²) in [5.74, 6) is -0.903. The van der Waals surface area contributed by atoms with Gasteiger partial charge in [0.05, 0.1) is 19.2 Å². The summed E-state index contributed by atoms with van der Waals surface area (Å²) < 4.78 is 10.0. The highest BCUT2D eigenvalue weighted by Crippen LogP contribution is 2.30. The molecule has 0 atom stereocenters. The average molecular weight is 570 g/mol. The molecule has 0 heterocycles. The van der Waals surface area contributed by atoms with Crippen LogP contribution in [0.25, 0.3) is 11.1 Å². The van der Waals surface area contributed by atoms with Gasteiger partial charge in [-0.1, -0.05) is 31.0 Å². The minimum atomic E-state index is -0.504. The van der Waals surface area contributed by atoms with Gasteiger partial charge in [0.2, 0.25) is 5.91 Å². The van der Waals surface area contributed by atoms with E-state index in [2.05, 4.69) is 21.3 Å². The molecule has 2 rings (SSSR count). The van der Waals surface area contributed by atoms with Crippen molar-refractivity contribution in [1.29, 1.82) is 0 Å². The lowest BCUT2D eigenvalue weighted by molar-refractivity contribution is -0.120. The van der Waals surface area contributed by atoms with Gasteiger partial charge in [-0.15, -0.1) is 0 Å². The van der Waals surface area contributed by atoms with Crippen LogP contribution >= 0.6 is 0 Å². The molecule has 0 spiro atoms. The molecule has 3 amide bonds. The number of unbranched alkanes of at least 4 members (excludes halogenated alkanes) is 3. The lowest BCUT2D eigenvalue weighted by Crippen LogP contribution is -2.38. The number of amides is 3. The zero-order valence-electron chi connectivity index (χ0n) is 24.4. The van der Waals surface area contributed by atoms with Crippen molar-refractivity contribution in [2.75, 3.05) is 45.6 Å². The Morgan fingerprint density at radius 2 is 1.49 bits per heavy atom. The minimum absolute atomic E-state index is 0.115. The first-order valence-corrected chi connectivity index (χ1v) is 13.8. The van der Waals surface area contributed by atoms with Crippen molar-refractivity contribution in [2.45, 2.75) is 52.1 Å². The molecule has 0 bridgehead atoms. The SMILES string of the molecule is COC(=O)c1ccccc1-c1cc(C(=O)NCCNCC(=O)NCCCCCCNC(=O)OC(C)(C)C)ccc1N. The van der Waals surface area contributed by atoms with Crippen LogP contribution in [0.15, 0.2) is 42.5 Å². The molecule has 2 aromatic rings. The zero-order chi connectivity index (χ0) is 30.3. The lowest BCUT2D eigenvalue weighted by atomic mass is 9.96. The zero-order valence-corrected chi connectivity index (χ0v) is 24.4. The number of hydrogen-bond acceptors (Lipinski definition) is 8. The van der Waals surface area contributed by atoms with Gasteiger partial charge in [-0.25, -0.2) is 9.59 Å². The van der Waals surface area contributed by atoms with Crippen molar-refractivity contribution in [3.05, 3.63) is 53.6 Å². The minimum Gasteiger partial charge on any atom is -0.465 e. The average Bonchev–Trinajstić information content (AvgIpc) is 2.93. The van der Waals surface area contributed by atoms with Crippen LogP contribution < -0.4 is 27.0 Å². The second-order valence-corrected chi connectivity index (χ2v) is 10.5. The van der Waals surface area contributed by atoms with Gasteiger partial charge in [-0.2, -0.15) is 0 Å². The number of anilines is 1. The van der Waals surface area contributed by atoms with Gasteiger partial charge in [0.25, 0.3) is 5.91 Å². The number of nitrogen functional groups attached to an aromatic ring is 1. The normalized spacial score (nSPS) is 10.9. The van der Waals surface area contributed by atoms with Gasteiger partial charge in [0.15, 0.2) is 0 Å². The molecule has 0 radical (unpaired) electrons. The Morgan fingerprint density at radius 1 is 0.805 bits per heavy atom. The second kappa shape index (κ2) is 16.9. The van der Waals surface area contributed by atoms with Gasteiger partial charge in [0.1, 0.15) is 5.60 Å². The number of ether oxygens (including phenoxy) is 2. The number of hydrogen-bond donors (Lipinski definition) is 5. The van der Waals surface area contributed by atoms with E-state index < -0.39 is 17.7 Å². The van der Waals surface area contributed by atoms with Crippen LogP contribution in [0.2, 0.25) is 0 Å². The Bertz CT molecular complexity index is 1180. The molecule has 0 fully saturated rings. The predicted octanol–water partition coefficient (Wildman–Crippen LogP) is 3.24. The molecule has 2 aromatic carbocycles. The Labute approximate surface area is 241 Å². The summed E-state index contributed by atoms with van der Waals surface area (Å²) in [6.45, 7) is 7.49. The third kappa shape index (κ3) is 12.3. The maximum absolute atomic E-state index is 12.7. The van der Waals surface area contributed by atoms with Crippen molar-refractivity contribution in [2.24, 2.45) is 0 Å². The molecule has 0 saturated carbocycles. The van der Waals surface area contributed by atoms with Crippen LogP contribution in [0.5, 0.6) is 0 Å². The fraction of sp³-hybridized carbons (Fsp3) is 0.467. The molecule has 0 aliphatic rings. The van der Waals surface area contributed by atoms with Crippen molar-refractivity contribution >= 4 is 29.6 Å². The van der Waals surface area contributed by atoms with Crippen LogP contribution in [0, 0.1) is 0 Å². The van der Waals surface area contributed by atoms with Gasteiger partial charge in [-0.3, -0.25) is 9.59 Å². The van der Waals surface area contributed by atoms with Crippen molar-refractivity contribution in [3.8, 4) is 11.1 Å². The maximum atomic E-state index is 12.7. The third-order valence-electron chi connectivity index (χ3n) is 5.90. The summed E-state index contributed by atoms with van der Waals surface area (Å²) >= 11 is 0. The summed E-state index contributed by atoms with van der Waals surface area (Å²) in [5.41, 5.74) is 7.97. The number of methoxy groups -OCH3 is 1.